The summed E-state index contributed by atoms with van der Waals surface area (Å²) in [5, 5.41) is 0.705. The topological polar surface area (TPSA) is 33.2 Å². The van der Waals surface area contributed by atoms with Crippen molar-refractivity contribution in [3.63, 3.8) is 0 Å². The van der Waals surface area contributed by atoms with Crippen LogP contribution < -0.4 is 0 Å². The van der Waals surface area contributed by atoms with Gasteiger partial charge in [-0.1, -0.05) is 30.2 Å². The summed E-state index contributed by atoms with van der Waals surface area (Å²) in [4.78, 5) is 19.1. The number of nitrogens with zero attached hydrogens (tertiary/aromatic N) is 2. The van der Waals surface area contributed by atoms with Gasteiger partial charge in [0.2, 0.25) is 5.91 Å². The molecule has 1 aliphatic rings. The smallest absolute Gasteiger partial charge is 0.233 e. The molecule has 1 aromatic carbocycles. The number of carbonyl (C=O) groups excluding carboxylic acids is 1. The number of pyridine rings is 1. The van der Waals surface area contributed by atoms with Crippen LogP contribution in [0.5, 0.6) is 0 Å². The SMILES string of the molecule is Cc1cnccc1CN(C)C(=O)C1(c2ccc(Cl)cc2)CCC1. The van der Waals surface area contributed by atoms with Crippen molar-refractivity contribution in [2.45, 2.75) is 38.1 Å². The van der Waals surface area contributed by atoms with Crippen LogP contribution in [0.4, 0.5) is 0 Å². The van der Waals surface area contributed by atoms with E-state index in [1.807, 2.05) is 55.4 Å². The summed E-state index contributed by atoms with van der Waals surface area (Å²) in [5.41, 5.74) is 2.96. The Bertz CT molecular complexity index is 708. The maximum atomic E-state index is 13.1. The van der Waals surface area contributed by atoms with Crippen molar-refractivity contribution in [1.82, 2.24) is 9.88 Å². The van der Waals surface area contributed by atoms with Crippen LogP contribution in [-0.2, 0) is 16.8 Å². The molecule has 0 bridgehead atoms. The van der Waals surface area contributed by atoms with Crippen LogP contribution >= 0.6 is 11.6 Å². The van der Waals surface area contributed by atoms with Crippen LogP contribution in [-0.4, -0.2) is 22.8 Å². The number of aryl methyl sites for hydroxylation is 1. The second-order valence-corrected chi connectivity index (χ2v) is 6.84. The van der Waals surface area contributed by atoms with E-state index in [4.69, 9.17) is 11.6 Å². The minimum Gasteiger partial charge on any atom is -0.341 e. The number of carbonyl (C=O) groups is 1. The number of hydrogen-bond donors (Lipinski definition) is 0. The molecular formula is C19H21ClN2O. The summed E-state index contributed by atoms with van der Waals surface area (Å²) < 4.78 is 0. The Labute approximate surface area is 142 Å². The van der Waals surface area contributed by atoms with Crippen molar-refractivity contribution in [3.05, 3.63) is 64.4 Å². The Morgan fingerprint density at radius 1 is 1.26 bits per heavy atom. The van der Waals surface area contributed by atoms with Gasteiger partial charge in [-0.25, -0.2) is 0 Å². The molecule has 1 heterocycles. The Kier molecular flexibility index (Phi) is 4.40. The Morgan fingerprint density at radius 3 is 2.52 bits per heavy atom. The van der Waals surface area contributed by atoms with Gasteiger partial charge in [0.1, 0.15) is 0 Å². The fraction of sp³-hybridized carbons (Fsp3) is 0.368. The van der Waals surface area contributed by atoms with Crippen LogP contribution in [0, 0.1) is 6.92 Å². The Balaban J connectivity index is 1.82. The average Bonchev–Trinajstić information content (AvgIpc) is 2.50. The molecule has 2 aromatic rings. The molecule has 0 saturated heterocycles. The lowest BCUT2D eigenvalue weighted by atomic mass is 9.63. The minimum atomic E-state index is -0.375. The van der Waals surface area contributed by atoms with Gasteiger partial charge in [0.15, 0.2) is 0 Å². The van der Waals surface area contributed by atoms with Crippen LogP contribution in [0.1, 0.15) is 36.0 Å². The molecule has 1 amide bonds. The molecule has 0 atom stereocenters. The highest BCUT2D eigenvalue weighted by atomic mass is 35.5. The number of halogens is 1. The van der Waals surface area contributed by atoms with Crippen molar-refractivity contribution < 1.29 is 4.79 Å². The molecule has 1 aromatic heterocycles. The molecule has 3 nitrogen and oxygen atoms in total. The molecule has 23 heavy (non-hydrogen) atoms. The third-order valence-corrected chi connectivity index (χ3v) is 5.16. The molecule has 0 N–H and O–H groups in total. The number of hydrogen-bond acceptors (Lipinski definition) is 2. The Morgan fingerprint density at radius 2 is 1.96 bits per heavy atom. The van der Waals surface area contributed by atoms with Crippen molar-refractivity contribution in [1.29, 1.82) is 0 Å². The molecule has 120 valence electrons. The van der Waals surface area contributed by atoms with E-state index in [2.05, 4.69) is 4.98 Å². The summed E-state index contributed by atoms with van der Waals surface area (Å²) in [7, 11) is 1.89. The van der Waals surface area contributed by atoms with Gasteiger partial charge in [0.05, 0.1) is 5.41 Å². The van der Waals surface area contributed by atoms with Crippen molar-refractivity contribution in [2.75, 3.05) is 7.05 Å². The van der Waals surface area contributed by atoms with Gasteiger partial charge in [-0.3, -0.25) is 9.78 Å². The van der Waals surface area contributed by atoms with Crippen LogP contribution in [0.2, 0.25) is 5.02 Å². The van der Waals surface area contributed by atoms with Crippen LogP contribution in [0.3, 0.4) is 0 Å². The van der Waals surface area contributed by atoms with Gasteiger partial charge in [-0.2, -0.15) is 0 Å². The maximum Gasteiger partial charge on any atom is 0.233 e. The lowest BCUT2D eigenvalue weighted by Crippen LogP contribution is -2.49. The summed E-state index contributed by atoms with van der Waals surface area (Å²) >= 11 is 5.99. The van der Waals surface area contributed by atoms with E-state index >= 15 is 0 Å². The molecule has 0 unspecified atom stereocenters. The zero-order valence-electron chi connectivity index (χ0n) is 13.6. The van der Waals surface area contributed by atoms with E-state index in [1.165, 1.54) is 0 Å². The first-order valence-corrected chi connectivity index (χ1v) is 8.32. The van der Waals surface area contributed by atoms with Crippen molar-refractivity contribution in [2.24, 2.45) is 0 Å². The molecule has 0 radical (unpaired) electrons. The molecule has 1 fully saturated rings. The number of rotatable bonds is 4. The summed E-state index contributed by atoms with van der Waals surface area (Å²) in [6.45, 7) is 2.64. The monoisotopic (exact) mass is 328 g/mol. The van der Waals surface area contributed by atoms with Crippen LogP contribution in [0.25, 0.3) is 0 Å². The highest BCUT2D eigenvalue weighted by Gasteiger charge is 2.46. The van der Waals surface area contributed by atoms with E-state index in [0.29, 0.717) is 11.6 Å². The third kappa shape index (κ3) is 2.98. The molecule has 0 spiro atoms. The van der Waals surface area contributed by atoms with E-state index in [1.54, 1.807) is 6.20 Å². The zero-order chi connectivity index (χ0) is 16.4. The van der Waals surface area contributed by atoms with Gasteiger partial charge >= 0.3 is 0 Å². The fourth-order valence-corrected chi connectivity index (χ4v) is 3.42. The van der Waals surface area contributed by atoms with E-state index < -0.39 is 0 Å². The number of aromatic nitrogens is 1. The van der Waals surface area contributed by atoms with E-state index in [9.17, 15) is 4.79 Å². The fourth-order valence-electron chi connectivity index (χ4n) is 3.30. The molecule has 4 heteroatoms. The van der Waals surface area contributed by atoms with Gasteiger partial charge in [-0.05, 0) is 54.7 Å². The van der Waals surface area contributed by atoms with Crippen LogP contribution in [0.15, 0.2) is 42.7 Å². The van der Waals surface area contributed by atoms with E-state index in [-0.39, 0.29) is 11.3 Å². The Hall–Kier alpha value is -1.87. The van der Waals surface area contributed by atoms with Gasteiger partial charge < -0.3 is 4.90 Å². The predicted octanol–water partition coefficient (Wildman–Crippen LogP) is 4.12. The largest absolute Gasteiger partial charge is 0.341 e. The minimum absolute atomic E-state index is 0.197. The first-order valence-electron chi connectivity index (χ1n) is 7.94. The zero-order valence-corrected chi connectivity index (χ0v) is 14.3. The molecular weight excluding hydrogens is 308 g/mol. The molecule has 1 aliphatic carbocycles. The normalized spacial score (nSPS) is 15.8. The first-order chi connectivity index (χ1) is 11.0. The van der Waals surface area contributed by atoms with Crippen molar-refractivity contribution in [3.8, 4) is 0 Å². The molecule has 3 rings (SSSR count). The van der Waals surface area contributed by atoms with Gasteiger partial charge in [0.25, 0.3) is 0 Å². The lowest BCUT2D eigenvalue weighted by Gasteiger charge is -2.43. The molecule has 1 saturated carbocycles. The summed E-state index contributed by atoms with van der Waals surface area (Å²) in [6.07, 6.45) is 6.53. The summed E-state index contributed by atoms with van der Waals surface area (Å²) in [5.74, 6) is 0.197. The average molecular weight is 329 g/mol. The van der Waals surface area contributed by atoms with E-state index in [0.717, 1.165) is 36.0 Å². The first kappa shape index (κ1) is 16.0. The third-order valence-electron chi connectivity index (χ3n) is 4.90. The number of amides is 1. The lowest BCUT2D eigenvalue weighted by molar-refractivity contribution is -0.140. The second-order valence-electron chi connectivity index (χ2n) is 6.41. The quantitative estimate of drug-likeness (QED) is 0.845. The number of benzene rings is 1. The summed E-state index contributed by atoms with van der Waals surface area (Å²) in [6, 6.07) is 9.71. The highest BCUT2D eigenvalue weighted by molar-refractivity contribution is 6.30. The standard InChI is InChI=1S/C19H21ClN2O/c1-14-12-21-11-8-15(14)13-22(2)18(23)19(9-3-10-19)16-4-6-17(20)7-5-16/h4-8,11-12H,3,9-10,13H2,1-2H3. The van der Waals surface area contributed by atoms with Crippen molar-refractivity contribution >= 4 is 17.5 Å². The predicted molar refractivity (Wildman–Crippen MR) is 92.4 cm³/mol. The number of likely N-dealkylation sites (N-methyl/N-ethyl adjacent to an activating group) is 1. The van der Waals surface area contributed by atoms with Gasteiger partial charge in [0, 0.05) is 31.0 Å². The second kappa shape index (κ2) is 6.32. The molecule has 0 aliphatic heterocycles. The maximum absolute atomic E-state index is 13.1. The van der Waals surface area contributed by atoms with Gasteiger partial charge in [-0.15, -0.1) is 0 Å². The highest BCUT2D eigenvalue weighted by Crippen LogP contribution is 2.45.